The zero-order chi connectivity index (χ0) is 12.1. The van der Waals surface area contributed by atoms with Crippen LogP contribution < -0.4 is 5.32 Å². The lowest BCUT2D eigenvalue weighted by Crippen LogP contribution is -2.07. The first-order valence-corrected chi connectivity index (χ1v) is 5.26. The monoisotopic (exact) mass is 248 g/mol. The SMILES string of the molecule is O=C(/C=C/c1ccc(Cl)cc1)Nc1ncco1. The topological polar surface area (TPSA) is 55.1 Å². The Morgan fingerprint density at radius 1 is 1.35 bits per heavy atom. The number of aromatic nitrogens is 1. The Morgan fingerprint density at radius 2 is 2.12 bits per heavy atom. The molecule has 1 amide bonds. The Hall–Kier alpha value is -2.07. The van der Waals surface area contributed by atoms with Crippen LogP contribution in [0, 0.1) is 0 Å². The van der Waals surface area contributed by atoms with Crippen LogP contribution in [0.1, 0.15) is 5.56 Å². The van der Waals surface area contributed by atoms with Crippen molar-refractivity contribution in [2.45, 2.75) is 0 Å². The second kappa shape index (κ2) is 5.32. The zero-order valence-electron chi connectivity index (χ0n) is 8.76. The molecule has 0 fully saturated rings. The molecular weight excluding hydrogens is 240 g/mol. The summed E-state index contributed by atoms with van der Waals surface area (Å²) < 4.78 is 4.88. The van der Waals surface area contributed by atoms with Crippen molar-refractivity contribution in [3.63, 3.8) is 0 Å². The van der Waals surface area contributed by atoms with E-state index in [-0.39, 0.29) is 11.9 Å². The Balaban J connectivity index is 1.96. The number of hydrogen-bond donors (Lipinski definition) is 1. The smallest absolute Gasteiger partial charge is 0.301 e. The van der Waals surface area contributed by atoms with E-state index in [2.05, 4.69) is 10.3 Å². The summed E-state index contributed by atoms with van der Waals surface area (Å²) in [5.74, 6) is -0.303. The van der Waals surface area contributed by atoms with Gasteiger partial charge in [-0.2, -0.15) is 0 Å². The van der Waals surface area contributed by atoms with E-state index in [4.69, 9.17) is 16.0 Å². The summed E-state index contributed by atoms with van der Waals surface area (Å²) in [6, 6.07) is 7.32. The predicted octanol–water partition coefficient (Wildman–Crippen LogP) is 2.98. The summed E-state index contributed by atoms with van der Waals surface area (Å²) in [5.41, 5.74) is 0.886. The number of carbonyl (C=O) groups is 1. The first kappa shape index (κ1) is 11.4. The molecule has 2 aromatic rings. The summed E-state index contributed by atoms with van der Waals surface area (Å²) in [7, 11) is 0. The van der Waals surface area contributed by atoms with E-state index in [9.17, 15) is 4.79 Å². The van der Waals surface area contributed by atoms with Gasteiger partial charge < -0.3 is 4.42 Å². The Labute approximate surface area is 103 Å². The van der Waals surface area contributed by atoms with Crippen LogP contribution in [0.15, 0.2) is 47.2 Å². The number of oxazole rings is 1. The average molecular weight is 249 g/mol. The Kier molecular flexibility index (Phi) is 3.57. The molecule has 0 atom stereocenters. The first-order chi connectivity index (χ1) is 8.24. The standard InChI is InChI=1S/C12H9ClN2O2/c13-10-4-1-9(2-5-10)3-6-11(16)15-12-14-7-8-17-12/h1-8H,(H,14,15,16)/b6-3+. The molecule has 5 heteroatoms. The molecular formula is C12H9ClN2O2. The van der Waals surface area contributed by atoms with Crippen LogP contribution in [-0.4, -0.2) is 10.9 Å². The zero-order valence-corrected chi connectivity index (χ0v) is 9.52. The molecule has 2 rings (SSSR count). The molecule has 0 saturated heterocycles. The highest BCUT2D eigenvalue weighted by atomic mass is 35.5. The van der Waals surface area contributed by atoms with Crippen molar-refractivity contribution in [2.24, 2.45) is 0 Å². The second-order valence-corrected chi connectivity index (χ2v) is 3.65. The number of amides is 1. The molecule has 0 saturated carbocycles. The van der Waals surface area contributed by atoms with Gasteiger partial charge in [-0.05, 0) is 23.8 Å². The number of anilines is 1. The fourth-order valence-electron chi connectivity index (χ4n) is 1.18. The lowest BCUT2D eigenvalue weighted by atomic mass is 10.2. The van der Waals surface area contributed by atoms with Gasteiger partial charge in [-0.25, -0.2) is 4.98 Å². The molecule has 0 aliphatic heterocycles. The third-order valence-corrected chi connectivity index (χ3v) is 2.21. The lowest BCUT2D eigenvalue weighted by molar-refractivity contribution is -0.112. The van der Waals surface area contributed by atoms with Gasteiger partial charge in [-0.1, -0.05) is 23.7 Å². The number of benzene rings is 1. The second-order valence-electron chi connectivity index (χ2n) is 3.21. The molecule has 4 nitrogen and oxygen atoms in total. The fourth-order valence-corrected chi connectivity index (χ4v) is 1.30. The van der Waals surface area contributed by atoms with Gasteiger partial charge in [0.1, 0.15) is 6.26 Å². The van der Waals surface area contributed by atoms with Crippen molar-refractivity contribution >= 4 is 29.6 Å². The van der Waals surface area contributed by atoms with Crippen molar-refractivity contribution in [1.82, 2.24) is 4.98 Å². The first-order valence-electron chi connectivity index (χ1n) is 4.88. The molecule has 17 heavy (non-hydrogen) atoms. The summed E-state index contributed by atoms with van der Waals surface area (Å²) >= 11 is 5.75. The molecule has 0 radical (unpaired) electrons. The molecule has 1 N–H and O–H groups in total. The number of nitrogens with zero attached hydrogens (tertiary/aromatic N) is 1. The van der Waals surface area contributed by atoms with E-state index in [1.807, 2.05) is 12.1 Å². The van der Waals surface area contributed by atoms with E-state index < -0.39 is 0 Å². The summed E-state index contributed by atoms with van der Waals surface area (Å²) in [5, 5.41) is 3.13. The predicted molar refractivity (Wildman–Crippen MR) is 65.6 cm³/mol. The Bertz CT molecular complexity index is 518. The van der Waals surface area contributed by atoms with Gasteiger partial charge in [0, 0.05) is 11.1 Å². The highest BCUT2D eigenvalue weighted by molar-refractivity contribution is 6.30. The molecule has 0 bridgehead atoms. The van der Waals surface area contributed by atoms with Gasteiger partial charge in [0.05, 0.1) is 6.20 Å². The third kappa shape index (κ3) is 3.46. The van der Waals surface area contributed by atoms with Crippen molar-refractivity contribution in [1.29, 1.82) is 0 Å². The van der Waals surface area contributed by atoms with E-state index in [0.29, 0.717) is 5.02 Å². The summed E-state index contributed by atoms with van der Waals surface area (Å²) in [4.78, 5) is 15.2. The van der Waals surface area contributed by atoms with Crippen LogP contribution in [0.3, 0.4) is 0 Å². The maximum absolute atomic E-state index is 11.4. The van der Waals surface area contributed by atoms with E-state index in [0.717, 1.165) is 5.56 Å². The molecule has 1 aromatic carbocycles. The fraction of sp³-hybridized carbons (Fsp3) is 0. The van der Waals surface area contributed by atoms with Gasteiger partial charge in [0.25, 0.3) is 5.91 Å². The van der Waals surface area contributed by atoms with Crippen LogP contribution in [0.25, 0.3) is 6.08 Å². The molecule has 1 aromatic heterocycles. The number of carbonyl (C=O) groups excluding carboxylic acids is 1. The minimum Gasteiger partial charge on any atom is -0.432 e. The van der Waals surface area contributed by atoms with Crippen molar-refractivity contribution < 1.29 is 9.21 Å². The van der Waals surface area contributed by atoms with Crippen LogP contribution >= 0.6 is 11.6 Å². The molecule has 86 valence electrons. The molecule has 0 unspecified atom stereocenters. The number of halogens is 1. The van der Waals surface area contributed by atoms with E-state index in [1.54, 1.807) is 18.2 Å². The van der Waals surface area contributed by atoms with Crippen LogP contribution in [0.2, 0.25) is 5.02 Å². The van der Waals surface area contributed by atoms with Gasteiger partial charge in [-0.15, -0.1) is 0 Å². The quantitative estimate of drug-likeness (QED) is 0.850. The normalized spacial score (nSPS) is 10.6. The number of rotatable bonds is 3. The van der Waals surface area contributed by atoms with Crippen LogP contribution in [-0.2, 0) is 4.79 Å². The molecule has 0 aliphatic carbocycles. The van der Waals surface area contributed by atoms with Crippen molar-refractivity contribution in [2.75, 3.05) is 5.32 Å². The van der Waals surface area contributed by atoms with E-state index >= 15 is 0 Å². The lowest BCUT2D eigenvalue weighted by Gasteiger charge is -1.95. The molecule has 1 heterocycles. The van der Waals surface area contributed by atoms with Gasteiger partial charge in [0.15, 0.2) is 0 Å². The van der Waals surface area contributed by atoms with Gasteiger partial charge in [-0.3, -0.25) is 10.1 Å². The maximum atomic E-state index is 11.4. The summed E-state index contributed by atoms with van der Waals surface area (Å²) in [6.07, 6.45) is 5.92. The number of hydrogen-bond acceptors (Lipinski definition) is 3. The van der Waals surface area contributed by atoms with Crippen LogP contribution in [0.5, 0.6) is 0 Å². The minimum atomic E-state index is -0.303. The summed E-state index contributed by atoms with van der Waals surface area (Å²) in [6.45, 7) is 0. The van der Waals surface area contributed by atoms with E-state index in [1.165, 1.54) is 18.5 Å². The van der Waals surface area contributed by atoms with Crippen molar-refractivity contribution in [3.8, 4) is 0 Å². The van der Waals surface area contributed by atoms with Crippen molar-refractivity contribution in [3.05, 3.63) is 53.4 Å². The molecule has 0 aliphatic rings. The maximum Gasteiger partial charge on any atom is 0.301 e. The largest absolute Gasteiger partial charge is 0.432 e. The van der Waals surface area contributed by atoms with Gasteiger partial charge >= 0.3 is 6.01 Å². The van der Waals surface area contributed by atoms with Crippen LogP contribution in [0.4, 0.5) is 6.01 Å². The highest BCUT2D eigenvalue weighted by Crippen LogP contribution is 2.10. The average Bonchev–Trinajstić information content (AvgIpc) is 2.81. The Morgan fingerprint density at radius 3 is 2.76 bits per heavy atom. The van der Waals surface area contributed by atoms with Gasteiger partial charge in [0.2, 0.25) is 0 Å². The minimum absolute atomic E-state index is 0.177. The molecule has 0 spiro atoms. The highest BCUT2D eigenvalue weighted by Gasteiger charge is 2.00. The number of nitrogens with one attached hydrogen (secondary N) is 1. The third-order valence-electron chi connectivity index (χ3n) is 1.96.